The molecule has 0 bridgehead atoms. The molecule has 0 aromatic heterocycles. The number of nitrogens with zero attached hydrogens (tertiary/aromatic N) is 1. The zero-order valence-corrected chi connectivity index (χ0v) is 19.4. The lowest BCUT2D eigenvalue weighted by molar-refractivity contribution is -0.139. The number of carbonyl (C=O) groups excluding carboxylic acids is 1. The van der Waals surface area contributed by atoms with Gasteiger partial charge in [-0.15, -0.1) is 0 Å². The van der Waals surface area contributed by atoms with Gasteiger partial charge in [-0.3, -0.25) is 9.59 Å². The maximum atomic E-state index is 12.7. The number of hydrogen-bond acceptors (Lipinski definition) is 5. The molecule has 4 rings (SSSR count). The van der Waals surface area contributed by atoms with Crippen LogP contribution in [0.3, 0.4) is 0 Å². The van der Waals surface area contributed by atoms with Crippen LogP contribution in [-0.2, 0) is 4.79 Å². The van der Waals surface area contributed by atoms with E-state index < -0.39 is 11.9 Å². The molecule has 0 saturated heterocycles. The highest BCUT2D eigenvalue weighted by Gasteiger charge is 2.29. The van der Waals surface area contributed by atoms with E-state index in [1.54, 1.807) is 30.3 Å². The number of ether oxygens (including phenoxy) is 2. The molecule has 3 aromatic rings. The van der Waals surface area contributed by atoms with Gasteiger partial charge >= 0.3 is 5.97 Å². The van der Waals surface area contributed by atoms with Gasteiger partial charge in [0.15, 0.2) is 0 Å². The van der Waals surface area contributed by atoms with Crippen molar-refractivity contribution in [3.63, 3.8) is 0 Å². The van der Waals surface area contributed by atoms with Crippen LogP contribution in [-0.4, -0.2) is 30.1 Å². The normalized spacial score (nSPS) is 15.1. The minimum atomic E-state index is -0.949. The molecule has 7 nitrogen and oxygen atoms in total. The molecular formula is C28H26N2O5. The van der Waals surface area contributed by atoms with Crippen molar-refractivity contribution in [1.29, 1.82) is 5.26 Å². The van der Waals surface area contributed by atoms with Crippen molar-refractivity contribution in [2.24, 2.45) is 0 Å². The SMILES string of the molecule is CC[C@@H](CNC(=O)c1ccc(Oc2cc3c(cc2C#N)C(C(=O)O)CCO3)cc1)c1ccccc1. The molecule has 0 aliphatic carbocycles. The summed E-state index contributed by atoms with van der Waals surface area (Å²) in [6.07, 6.45) is 1.26. The Morgan fingerprint density at radius 1 is 1.17 bits per heavy atom. The van der Waals surface area contributed by atoms with Crippen LogP contribution in [0.4, 0.5) is 0 Å². The summed E-state index contributed by atoms with van der Waals surface area (Å²) in [6.45, 7) is 2.91. The Hall–Kier alpha value is -4.31. The van der Waals surface area contributed by atoms with E-state index in [0.717, 1.165) is 6.42 Å². The van der Waals surface area contributed by atoms with Gasteiger partial charge in [0.25, 0.3) is 5.91 Å². The number of fused-ring (bicyclic) bond motifs is 1. The number of amides is 1. The van der Waals surface area contributed by atoms with Crippen LogP contribution in [0.5, 0.6) is 17.2 Å². The Kier molecular flexibility index (Phi) is 7.32. The molecule has 1 heterocycles. The van der Waals surface area contributed by atoms with Crippen molar-refractivity contribution in [3.8, 4) is 23.3 Å². The van der Waals surface area contributed by atoms with E-state index in [1.165, 1.54) is 11.6 Å². The van der Waals surface area contributed by atoms with E-state index in [9.17, 15) is 20.0 Å². The second-order valence-corrected chi connectivity index (χ2v) is 8.38. The van der Waals surface area contributed by atoms with Crippen LogP contribution in [0.2, 0.25) is 0 Å². The maximum Gasteiger partial charge on any atom is 0.311 e. The molecule has 3 aromatic carbocycles. The number of nitriles is 1. The van der Waals surface area contributed by atoms with Crippen LogP contribution in [0.15, 0.2) is 66.7 Å². The highest BCUT2D eigenvalue weighted by atomic mass is 16.5. The monoisotopic (exact) mass is 470 g/mol. The molecule has 1 unspecified atom stereocenters. The lowest BCUT2D eigenvalue weighted by Crippen LogP contribution is -2.28. The molecule has 178 valence electrons. The minimum Gasteiger partial charge on any atom is -0.493 e. The fourth-order valence-electron chi connectivity index (χ4n) is 4.19. The summed E-state index contributed by atoms with van der Waals surface area (Å²) in [5.74, 6) is -0.494. The third-order valence-corrected chi connectivity index (χ3v) is 6.19. The van der Waals surface area contributed by atoms with Gasteiger partial charge in [0.2, 0.25) is 0 Å². The molecule has 0 saturated carbocycles. The minimum absolute atomic E-state index is 0.175. The Morgan fingerprint density at radius 3 is 2.57 bits per heavy atom. The van der Waals surface area contributed by atoms with Crippen molar-refractivity contribution >= 4 is 11.9 Å². The topological polar surface area (TPSA) is 109 Å². The third-order valence-electron chi connectivity index (χ3n) is 6.19. The molecule has 0 spiro atoms. The fourth-order valence-corrected chi connectivity index (χ4v) is 4.19. The summed E-state index contributed by atoms with van der Waals surface area (Å²) in [6, 6.07) is 21.9. The van der Waals surface area contributed by atoms with Crippen molar-refractivity contribution in [2.75, 3.05) is 13.2 Å². The quantitative estimate of drug-likeness (QED) is 0.467. The number of carbonyl (C=O) groups is 2. The maximum absolute atomic E-state index is 12.7. The van der Waals surface area contributed by atoms with E-state index in [0.29, 0.717) is 35.6 Å². The van der Waals surface area contributed by atoms with Crippen LogP contribution in [0, 0.1) is 11.3 Å². The first-order valence-electron chi connectivity index (χ1n) is 11.5. The molecule has 1 aliphatic heterocycles. The average Bonchev–Trinajstić information content (AvgIpc) is 2.89. The smallest absolute Gasteiger partial charge is 0.311 e. The van der Waals surface area contributed by atoms with E-state index >= 15 is 0 Å². The van der Waals surface area contributed by atoms with Gasteiger partial charge in [-0.05, 0) is 48.7 Å². The Balaban J connectivity index is 1.44. The van der Waals surface area contributed by atoms with Gasteiger partial charge in [0.05, 0.1) is 18.1 Å². The van der Waals surface area contributed by atoms with E-state index in [4.69, 9.17) is 9.47 Å². The zero-order valence-electron chi connectivity index (χ0n) is 19.4. The Labute approximate surface area is 203 Å². The average molecular weight is 471 g/mol. The standard InChI is InChI=1S/C28H26N2O5/c1-2-18(19-6-4-3-5-7-19)17-30-27(31)20-8-10-22(11-9-20)35-25-15-26-24(14-21(25)16-29)23(28(32)33)12-13-34-26/h3-11,14-15,18,23H,2,12-13,17H2,1H3,(H,30,31)(H,32,33)/t18-,23?/m0/s1. The summed E-state index contributed by atoms with van der Waals surface area (Å²) in [5, 5.41) is 22.0. The van der Waals surface area contributed by atoms with Crippen LogP contribution < -0.4 is 14.8 Å². The van der Waals surface area contributed by atoms with Crippen LogP contribution in [0.25, 0.3) is 0 Å². The molecule has 2 atom stereocenters. The van der Waals surface area contributed by atoms with Crippen molar-refractivity contribution in [2.45, 2.75) is 31.6 Å². The molecule has 2 N–H and O–H groups in total. The number of carboxylic acid groups (broad SMARTS) is 1. The molecular weight excluding hydrogens is 444 g/mol. The molecule has 1 amide bonds. The summed E-state index contributed by atoms with van der Waals surface area (Å²) in [7, 11) is 0. The van der Waals surface area contributed by atoms with Crippen molar-refractivity contribution < 1.29 is 24.2 Å². The first-order chi connectivity index (χ1) is 17.0. The number of benzene rings is 3. The number of nitrogens with one attached hydrogen (secondary N) is 1. The Bertz CT molecular complexity index is 1250. The van der Waals surface area contributed by atoms with Crippen molar-refractivity contribution in [1.82, 2.24) is 5.32 Å². The third kappa shape index (κ3) is 5.44. The second kappa shape index (κ2) is 10.7. The van der Waals surface area contributed by atoms with Gasteiger partial charge in [0.1, 0.15) is 23.3 Å². The summed E-state index contributed by atoms with van der Waals surface area (Å²) in [4.78, 5) is 24.2. The lowest BCUT2D eigenvalue weighted by Gasteiger charge is -2.24. The highest BCUT2D eigenvalue weighted by Crippen LogP contribution is 2.39. The molecule has 1 aliphatic rings. The van der Waals surface area contributed by atoms with Gasteiger partial charge in [-0.25, -0.2) is 0 Å². The predicted molar refractivity (Wildman–Crippen MR) is 130 cm³/mol. The molecule has 0 fully saturated rings. The molecule has 7 heteroatoms. The second-order valence-electron chi connectivity index (χ2n) is 8.38. The number of carboxylic acids is 1. The van der Waals surface area contributed by atoms with Gasteiger partial charge < -0.3 is 19.9 Å². The van der Waals surface area contributed by atoms with Gasteiger partial charge in [0, 0.05) is 29.7 Å². The lowest BCUT2D eigenvalue weighted by atomic mass is 9.91. The van der Waals surface area contributed by atoms with E-state index in [-0.39, 0.29) is 29.7 Å². The predicted octanol–water partition coefficient (Wildman–Crippen LogP) is 5.22. The van der Waals surface area contributed by atoms with E-state index in [2.05, 4.69) is 30.4 Å². The highest BCUT2D eigenvalue weighted by molar-refractivity contribution is 5.94. The van der Waals surface area contributed by atoms with Gasteiger partial charge in [-0.2, -0.15) is 5.26 Å². The number of rotatable bonds is 8. The summed E-state index contributed by atoms with van der Waals surface area (Å²) >= 11 is 0. The van der Waals surface area contributed by atoms with Crippen LogP contribution >= 0.6 is 0 Å². The number of hydrogen-bond donors (Lipinski definition) is 2. The van der Waals surface area contributed by atoms with Crippen molar-refractivity contribution in [3.05, 3.63) is 89.0 Å². The number of aliphatic carboxylic acids is 1. The fraction of sp³-hybridized carbons (Fsp3) is 0.250. The van der Waals surface area contributed by atoms with Crippen LogP contribution in [0.1, 0.15) is 58.6 Å². The largest absolute Gasteiger partial charge is 0.493 e. The first-order valence-corrected chi connectivity index (χ1v) is 11.5. The summed E-state index contributed by atoms with van der Waals surface area (Å²) in [5.41, 5.74) is 2.38. The first kappa shape index (κ1) is 23.8. The summed E-state index contributed by atoms with van der Waals surface area (Å²) < 4.78 is 11.5. The molecule has 35 heavy (non-hydrogen) atoms. The van der Waals surface area contributed by atoms with Gasteiger partial charge in [-0.1, -0.05) is 37.3 Å². The van der Waals surface area contributed by atoms with E-state index in [1.807, 2.05) is 18.2 Å². The Morgan fingerprint density at radius 2 is 1.91 bits per heavy atom. The zero-order chi connectivity index (χ0) is 24.8. The molecule has 0 radical (unpaired) electrons.